The molecule has 23 heteroatoms. The summed E-state index contributed by atoms with van der Waals surface area (Å²) in [5.74, 6) is -6.46. The van der Waals surface area contributed by atoms with E-state index in [1.54, 1.807) is 13.8 Å². The van der Waals surface area contributed by atoms with Crippen molar-refractivity contribution in [2.75, 3.05) is 26.4 Å². The van der Waals surface area contributed by atoms with Gasteiger partial charge >= 0.3 is 7.60 Å². The average Bonchev–Trinajstić information content (AvgIpc) is 3.78. The van der Waals surface area contributed by atoms with Crippen LogP contribution in [0.25, 0.3) is 0 Å². The topological polar surface area (TPSA) is 342 Å². The first-order valence-electron chi connectivity index (χ1n) is 22.6. The minimum atomic E-state index is -4.69. The summed E-state index contributed by atoms with van der Waals surface area (Å²) < 4.78 is 28.9. The molecule has 376 valence electrons. The van der Waals surface area contributed by atoms with Crippen molar-refractivity contribution < 1.29 is 87.3 Å². The number of likely N-dealkylation sites (tertiary alicyclic amines) is 1. The van der Waals surface area contributed by atoms with Crippen LogP contribution >= 0.6 is 7.60 Å². The first-order valence-corrected chi connectivity index (χ1v) is 24.4. The van der Waals surface area contributed by atoms with Crippen LogP contribution in [0.5, 0.6) is 11.5 Å². The number of benzene rings is 2. The van der Waals surface area contributed by atoms with Gasteiger partial charge in [0.25, 0.3) is 0 Å². The average molecular weight is 987 g/mol. The van der Waals surface area contributed by atoms with Gasteiger partial charge in [-0.15, -0.1) is 0 Å². The first-order chi connectivity index (χ1) is 32.4. The molecule has 69 heavy (non-hydrogen) atoms. The molecule has 22 nitrogen and oxygen atoms in total. The number of Topliss-reactive ketones (excluding diaryl/α,β-unsaturated/α-hetero) is 2. The number of hydrogen-bond acceptors (Lipinski definition) is 16. The largest absolute Gasteiger partial charge is 0.507 e. The van der Waals surface area contributed by atoms with Crippen molar-refractivity contribution in [3.8, 4) is 11.5 Å². The second-order valence-electron chi connectivity index (χ2n) is 18.5. The van der Waals surface area contributed by atoms with Gasteiger partial charge in [0.2, 0.25) is 23.6 Å². The van der Waals surface area contributed by atoms with E-state index in [9.17, 15) is 63.3 Å². The second kappa shape index (κ2) is 21.3. The lowest BCUT2D eigenvalue weighted by Gasteiger charge is -2.43. The standard InChI is InChI=1S/C46H59N4O18P/c1-21(2)14-28(48-44(60)22(3)47-35(54)20-69(63,64)65)31(52)11-12-36(55)50-13-7-9-30(50)45(61)49-29-16-37(67-23(4)40(29)56)68-33-18-46(62,34(53)19-51)17-27-25(33)15-26-39(43(27)59)41(57)24-8-6-10-32(66-5)38(24)42(26)58/h6,8,10,15,21-23,28-30,33,37,40,51,56,59,62H,7,9,11-14,16-20H2,1-5H3,(H,47,54)(H,48,60)(H,49,61)(H2,63,64,65). The normalized spacial score (nSPS) is 25.2. The number of aliphatic hydroxyl groups excluding tert-OH is 2. The molecular weight excluding hydrogens is 927 g/mol. The maximum absolute atomic E-state index is 14.0. The monoisotopic (exact) mass is 986 g/mol. The molecule has 0 radical (unpaired) electrons. The number of aliphatic hydroxyl groups is 3. The Morgan fingerprint density at radius 1 is 1.01 bits per heavy atom. The summed E-state index contributed by atoms with van der Waals surface area (Å²) in [5, 5.41) is 51.9. The number of ether oxygens (including phenoxy) is 3. The highest BCUT2D eigenvalue weighted by atomic mass is 31.2. The van der Waals surface area contributed by atoms with Gasteiger partial charge in [-0.25, -0.2) is 0 Å². The zero-order chi connectivity index (χ0) is 50.9. The van der Waals surface area contributed by atoms with Crippen LogP contribution in [0, 0.1) is 5.92 Å². The Balaban J connectivity index is 1.14. The lowest BCUT2D eigenvalue weighted by molar-refractivity contribution is -0.249. The fraction of sp³-hybridized carbons (Fsp3) is 0.565. The number of nitrogens with zero attached hydrogens (tertiary/aromatic N) is 1. The first kappa shape index (κ1) is 52.9. The van der Waals surface area contributed by atoms with E-state index in [1.165, 1.54) is 50.1 Å². The van der Waals surface area contributed by atoms with Gasteiger partial charge in [-0.2, -0.15) is 0 Å². The Hall–Kier alpha value is -5.45. The third kappa shape index (κ3) is 11.6. The van der Waals surface area contributed by atoms with E-state index in [-0.39, 0.29) is 83.7 Å². The zero-order valence-electron chi connectivity index (χ0n) is 38.8. The Bertz CT molecular complexity index is 2460. The quantitative estimate of drug-likeness (QED) is 0.0758. The van der Waals surface area contributed by atoms with Crippen LogP contribution in [0.4, 0.5) is 0 Å². The summed E-state index contributed by atoms with van der Waals surface area (Å²) in [6.07, 6.45) is -7.00. The Morgan fingerprint density at radius 2 is 1.71 bits per heavy atom. The predicted octanol–water partition coefficient (Wildman–Crippen LogP) is 0.00680. The number of amides is 4. The predicted molar refractivity (Wildman–Crippen MR) is 239 cm³/mol. The number of phenolic OH excluding ortho intramolecular Hbond substituents is 1. The molecule has 2 aromatic rings. The number of rotatable bonds is 18. The molecule has 2 aromatic carbocycles. The molecule has 2 aliphatic heterocycles. The molecule has 2 aliphatic carbocycles. The van der Waals surface area contributed by atoms with Crippen molar-refractivity contribution in [3.05, 3.63) is 57.6 Å². The van der Waals surface area contributed by atoms with Gasteiger partial charge in [0.15, 0.2) is 29.4 Å². The van der Waals surface area contributed by atoms with Gasteiger partial charge < -0.3 is 65.3 Å². The number of hydrogen-bond donors (Lipinski definition) is 9. The van der Waals surface area contributed by atoms with E-state index < -0.39 is 140 Å². The smallest absolute Gasteiger partial charge is 0.334 e. The molecule has 0 saturated carbocycles. The number of ketones is 4. The van der Waals surface area contributed by atoms with Crippen molar-refractivity contribution in [1.82, 2.24) is 20.9 Å². The molecule has 6 rings (SSSR count). The second-order valence-corrected chi connectivity index (χ2v) is 20.1. The Kier molecular flexibility index (Phi) is 16.3. The SMILES string of the molecule is COc1cccc2c1C(=O)c1cc3c(c(O)c1C2=O)CC(O)(C(=O)CO)CC3OC1CC(NC(=O)C2CCCN2C(=O)CCC(=O)C(CC(C)C)NC(=O)C(C)NC(=O)CP(=O)(O)O)C(O)C(C)O1. The minimum Gasteiger partial charge on any atom is -0.507 e. The van der Waals surface area contributed by atoms with Gasteiger partial charge in [0, 0.05) is 55.3 Å². The lowest BCUT2D eigenvalue weighted by atomic mass is 9.72. The van der Waals surface area contributed by atoms with Crippen LogP contribution in [0.1, 0.15) is 122 Å². The number of methoxy groups -OCH3 is 1. The molecule has 4 aliphatic rings. The summed E-state index contributed by atoms with van der Waals surface area (Å²) in [6, 6.07) is 1.41. The number of fused-ring (bicyclic) bond motifs is 3. The molecule has 0 spiro atoms. The van der Waals surface area contributed by atoms with Crippen molar-refractivity contribution in [2.24, 2.45) is 5.92 Å². The lowest BCUT2D eigenvalue weighted by Crippen LogP contribution is -2.58. The Labute approximate surface area is 396 Å². The van der Waals surface area contributed by atoms with Crippen molar-refractivity contribution >= 4 is 54.4 Å². The van der Waals surface area contributed by atoms with Gasteiger partial charge in [0.05, 0.1) is 42.5 Å². The summed E-state index contributed by atoms with van der Waals surface area (Å²) in [6.45, 7) is 5.51. The molecule has 2 heterocycles. The van der Waals surface area contributed by atoms with Crippen LogP contribution < -0.4 is 20.7 Å². The number of carbonyl (C=O) groups is 8. The molecule has 9 N–H and O–H groups in total. The Morgan fingerprint density at radius 3 is 2.36 bits per heavy atom. The van der Waals surface area contributed by atoms with Crippen LogP contribution in [-0.4, -0.2) is 157 Å². The highest BCUT2D eigenvalue weighted by molar-refractivity contribution is 7.52. The minimum absolute atomic E-state index is 0.0248. The van der Waals surface area contributed by atoms with Gasteiger partial charge in [-0.05, 0) is 56.7 Å². The fourth-order valence-electron chi connectivity index (χ4n) is 9.48. The van der Waals surface area contributed by atoms with Gasteiger partial charge in [-0.3, -0.25) is 42.9 Å². The molecule has 4 amide bonds. The van der Waals surface area contributed by atoms with Crippen LogP contribution in [0.3, 0.4) is 0 Å². The fourth-order valence-corrected chi connectivity index (χ4v) is 9.94. The molecule has 9 atom stereocenters. The third-order valence-electron chi connectivity index (χ3n) is 13.0. The van der Waals surface area contributed by atoms with E-state index in [4.69, 9.17) is 24.0 Å². The molecule has 2 saturated heterocycles. The molecule has 0 aromatic heterocycles. The summed E-state index contributed by atoms with van der Waals surface area (Å²) in [5.41, 5.74) is -2.84. The zero-order valence-corrected chi connectivity index (χ0v) is 39.7. The van der Waals surface area contributed by atoms with Crippen LogP contribution in [0.15, 0.2) is 24.3 Å². The highest BCUT2D eigenvalue weighted by Gasteiger charge is 2.49. The number of aromatic hydroxyl groups is 1. The molecule has 0 bridgehead atoms. The van der Waals surface area contributed by atoms with E-state index >= 15 is 0 Å². The van der Waals surface area contributed by atoms with E-state index in [0.29, 0.717) is 6.42 Å². The summed E-state index contributed by atoms with van der Waals surface area (Å²) >= 11 is 0. The molecule has 9 unspecified atom stereocenters. The third-order valence-corrected chi connectivity index (χ3v) is 13.7. The van der Waals surface area contributed by atoms with Crippen molar-refractivity contribution in [3.63, 3.8) is 0 Å². The number of phenols is 1. The maximum atomic E-state index is 14.0. The van der Waals surface area contributed by atoms with Gasteiger partial charge in [-0.1, -0.05) is 26.0 Å². The van der Waals surface area contributed by atoms with E-state index in [0.717, 1.165) is 0 Å². The van der Waals surface area contributed by atoms with E-state index in [2.05, 4.69) is 16.0 Å². The number of nitrogens with one attached hydrogen (secondary N) is 3. The van der Waals surface area contributed by atoms with Crippen molar-refractivity contribution in [1.29, 1.82) is 0 Å². The van der Waals surface area contributed by atoms with Crippen molar-refractivity contribution in [2.45, 2.75) is 133 Å². The summed E-state index contributed by atoms with van der Waals surface area (Å²) in [4.78, 5) is 126. The van der Waals surface area contributed by atoms with Crippen LogP contribution in [0.2, 0.25) is 0 Å². The summed E-state index contributed by atoms with van der Waals surface area (Å²) in [7, 11) is -3.36. The number of carbonyl (C=O) groups excluding carboxylic acids is 8. The molecule has 2 fully saturated rings. The van der Waals surface area contributed by atoms with E-state index in [1.807, 2.05) is 0 Å². The van der Waals surface area contributed by atoms with Crippen LogP contribution in [-0.2, 0) is 49.2 Å². The maximum Gasteiger partial charge on any atom is 0.334 e. The molecular formula is C46H59N4O18P. The van der Waals surface area contributed by atoms with Gasteiger partial charge in [0.1, 0.15) is 48.1 Å². The highest BCUT2D eigenvalue weighted by Crippen LogP contribution is 2.48.